The minimum absolute atomic E-state index is 0.191. The van der Waals surface area contributed by atoms with Crippen LogP contribution in [0.15, 0.2) is 48.5 Å². The van der Waals surface area contributed by atoms with E-state index in [0.717, 1.165) is 31.8 Å². The van der Waals surface area contributed by atoms with Gasteiger partial charge in [-0.05, 0) is 49.1 Å². The Labute approximate surface area is 156 Å². The molecule has 2 aromatic rings. The van der Waals surface area contributed by atoms with E-state index in [-0.39, 0.29) is 12.2 Å². The lowest BCUT2D eigenvalue weighted by Gasteiger charge is -2.30. The molecule has 0 radical (unpaired) electrons. The van der Waals surface area contributed by atoms with E-state index in [1.165, 1.54) is 16.7 Å². The third kappa shape index (κ3) is 5.56. The summed E-state index contributed by atoms with van der Waals surface area (Å²) in [4.78, 5) is 2.34. The Bertz CT molecular complexity index is 685. The summed E-state index contributed by atoms with van der Waals surface area (Å²) >= 11 is 0. The van der Waals surface area contributed by atoms with Crippen LogP contribution in [-0.4, -0.2) is 41.8 Å². The first kappa shape index (κ1) is 18.9. The standard InChI is InChI=1S/C22H30N2O2/c1-17(2)26-22-9-7-18(8-10-22)13-23-14-21(25)16-24-12-11-19-5-3-4-6-20(19)15-24/h3-10,17,21,23,25H,11-16H2,1-2H3. The first-order valence-electron chi connectivity index (χ1n) is 9.53. The highest BCUT2D eigenvalue weighted by atomic mass is 16.5. The summed E-state index contributed by atoms with van der Waals surface area (Å²) in [5.41, 5.74) is 4.03. The number of aliphatic hydroxyl groups excluding tert-OH is 1. The second-order valence-electron chi connectivity index (χ2n) is 7.35. The van der Waals surface area contributed by atoms with Crippen LogP contribution >= 0.6 is 0 Å². The Morgan fingerprint density at radius 3 is 2.54 bits per heavy atom. The molecule has 140 valence electrons. The van der Waals surface area contributed by atoms with Crippen LogP contribution in [0, 0.1) is 0 Å². The van der Waals surface area contributed by atoms with Gasteiger partial charge in [0.2, 0.25) is 0 Å². The summed E-state index contributed by atoms with van der Waals surface area (Å²) in [6, 6.07) is 16.7. The number of rotatable bonds is 8. The predicted octanol–water partition coefficient (Wildman–Crippen LogP) is 2.98. The summed E-state index contributed by atoms with van der Waals surface area (Å²) in [6.45, 7) is 8.07. The largest absolute Gasteiger partial charge is 0.491 e. The molecule has 2 aromatic carbocycles. The fourth-order valence-corrected chi connectivity index (χ4v) is 3.41. The molecular formula is C22H30N2O2. The maximum absolute atomic E-state index is 10.3. The van der Waals surface area contributed by atoms with Crippen LogP contribution in [0.1, 0.15) is 30.5 Å². The van der Waals surface area contributed by atoms with E-state index in [4.69, 9.17) is 4.74 Å². The smallest absolute Gasteiger partial charge is 0.119 e. The third-order valence-electron chi connectivity index (χ3n) is 4.68. The fraction of sp³-hybridized carbons (Fsp3) is 0.455. The Hall–Kier alpha value is -1.88. The van der Waals surface area contributed by atoms with Crippen molar-refractivity contribution in [2.24, 2.45) is 0 Å². The van der Waals surface area contributed by atoms with Crippen molar-refractivity contribution in [3.05, 3.63) is 65.2 Å². The van der Waals surface area contributed by atoms with Gasteiger partial charge >= 0.3 is 0 Å². The quantitative estimate of drug-likeness (QED) is 0.765. The molecule has 4 heteroatoms. The third-order valence-corrected chi connectivity index (χ3v) is 4.68. The molecular weight excluding hydrogens is 324 g/mol. The average Bonchev–Trinajstić information content (AvgIpc) is 2.62. The monoisotopic (exact) mass is 354 g/mol. The zero-order chi connectivity index (χ0) is 18.4. The maximum Gasteiger partial charge on any atom is 0.119 e. The Morgan fingerprint density at radius 2 is 1.81 bits per heavy atom. The summed E-state index contributed by atoms with van der Waals surface area (Å²) in [6.07, 6.45) is 0.904. The molecule has 2 N–H and O–H groups in total. The summed E-state index contributed by atoms with van der Waals surface area (Å²) in [5, 5.41) is 13.7. The number of β-amino-alcohol motifs (C(OH)–C–C–N with tert-alkyl or cyclic N) is 1. The Kier molecular flexibility index (Phi) is 6.67. The lowest BCUT2D eigenvalue weighted by Crippen LogP contribution is -2.40. The van der Waals surface area contributed by atoms with Gasteiger partial charge < -0.3 is 15.2 Å². The summed E-state index contributed by atoms with van der Waals surface area (Å²) in [5.74, 6) is 0.897. The molecule has 1 aliphatic heterocycles. The molecule has 0 fully saturated rings. The van der Waals surface area contributed by atoms with Gasteiger partial charge in [0, 0.05) is 32.7 Å². The first-order valence-corrected chi connectivity index (χ1v) is 9.53. The molecule has 0 aromatic heterocycles. The molecule has 0 saturated heterocycles. The van der Waals surface area contributed by atoms with Crippen LogP contribution < -0.4 is 10.1 Å². The predicted molar refractivity (Wildman–Crippen MR) is 105 cm³/mol. The Morgan fingerprint density at radius 1 is 1.08 bits per heavy atom. The van der Waals surface area contributed by atoms with Gasteiger partial charge in [0.1, 0.15) is 5.75 Å². The normalized spacial score (nSPS) is 15.7. The summed E-state index contributed by atoms with van der Waals surface area (Å²) < 4.78 is 5.66. The molecule has 1 heterocycles. The topological polar surface area (TPSA) is 44.7 Å². The maximum atomic E-state index is 10.3. The molecule has 26 heavy (non-hydrogen) atoms. The second kappa shape index (κ2) is 9.17. The molecule has 4 nitrogen and oxygen atoms in total. The van der Waals surface area contributed by atoms with Crippen LogP contribution in [0.25, 0.3) is 0 Å². The van der Waals surface area contributed by atoms with Crippen LogP contribution in [-0.2, 0) is 19.5 Å². The van der Waals surface area contributed by atoms with Gasteiger partial charge in [0.15, 0.2) is 0 Å². The van der Waals surface area contributed by atoms with E-state index in [2.05, 4.69) is 46.6 Å². The molecule has 0 aliphatic carbocycles. The van der Waals surface area contributed by atoms with E-state index in [9.17, 15) is 5.11 Å². The van der Waals surface area contributed by atoms with Crippen molar-refractivity contribution in [1.29, 1.82) is 0 Å². The van der Waals surface area contributed by atoms with Gasteiger partial charge in [-0.3, -0.25) is 4.90 Å². The summed E-state index contributed by atoms with van der Waals surface area (Å²) in [7, 11) is 0. The van der Waals surface area contributed by atoms with Gasteiger partial charge in [0.05, 0.1) is 12.2 Å². The number of nitrogens with one attached hydrogen (secondary N) is 1. The molecule has 0 bridgehead atoms. The van der Waals surface area contributed by atoms with E-state index >= 15 is 0 Å². The number of benzene rings is 2. The van der Waals surface area contributed by atoms with Gasteiger partial charge in [0.25, 0.3) is 0 Å². The molecule has 0 amide bonds. The lowest BCUT2D eigenvalue weighted by atomic mass is 10.00. The second-order valence-corrected chi connectivity index (χ2v) is 7.35. The van der Waals surface area contributed by atoms with E-state index < -0.39 is 0 Å². The highest BCUT2D eigenvalue weighted by Crippen LogP contribution is 2.18. The van der Waals surface area contributed by atoms with E-state index in [1.807, 2.05) is 26.0 Å². The highest BCUT2D eigenvalue weighted by molar-refractivity contribution is 5.29. The lowest BCUT2D eigenvalue weighted by molar-refractivity contribution is 0.104. The fourth-order valence-electron chi connectivity index (χ4n) is 3.41. The van der Waals surface area contributed by atoms with Crippen molar-refractivity contribution in [3.63, 3.8) is 0 Å². The minimum atomic E-state index is -0.358. The average molecular weight is 354 g/mol. The number of ether oxygens (including phenoxy) is 1. The van der Waals surface area contributed by atoms with Crippen molar-refractivity contribution in [2.75, 3.05) is 19.6 Å². The van der Waals surface area contributed by atoms with Crippen LogP contribution in [0.5, 0.6) is 5.75 Å². The number of hydrogen-bond acceptors (Lipinski definition) is 4. The number of nitrogens with zero attached hydrogens (tertiary/aromatic N) is 1. The molecule has 3 rings (SSSR count). The number of fused-ring (bicyclic) bond motifs is 1. The zero-order valence-electron chi connectivity index (χ0n) is 15.8. The van der Waals surface area contributed by atoms with Gasteiger partial charge in [-0.1, -0.05) is 36.4 Å². The SMILES string of the molecule is CC(C)Oc1ccc(CNCC(O)CN2CCc3ccccc3C2)cc1. The molecule has 1 aliphatic rings. The van der Waals surface area contributed by atoms with Crippen molar-refractivity contribution < 1.29 is 9.84 Å². The molecule has 0 spiro atoms. The van der Waals surface area contributed by atoms with Crippen LogP contribution in [0.3, 0.4) is 0 Å². The number of aliphatic hydroxyl groups is 1. The molecule has 1 unspecified atom stereocenters. The van der Waals surface area contributed by atoms with E-state index in [0.29, 0.717) is 13.1 Å². The Balaban J connectivity index is 1.39. The molecule has 1 atom stereocenters. The highest BCUT2D eigenvalue weighted by Gasteiger charge is 2.18. The van der Waals surface area contributed by atoms with Gasteiger partial charge in [-0.25, -0.2) is 0 Å². The van der Waals surface area contributed by atoms with E-state index in [1.54, 1.807) is 0 Å². The van der Waals surface area contributed by atoms with Crippen molar-refractivity contribution in [2.45, 2.75) is 45.6 Å². The van der Waals surface area contributed by atoms with Crippen molar-refractivity contribution in [3.8, 4) is 5.75 Å². The number of hydrogen-bond donors (Lipinski definition) is 2. The first-order chi connectivity index (χ1) is 12.6. The van der Waals surface area contributed by atoms with Crippen molar-refractivity contribution >= 4 is 0 Å². The van der Waals surface area contributed by atoms with Crippen LogP contribution in [0.4, 0.5) is 0 Å². The van der Waals surface area contributed by atoms with Crippen molar-refractivity contribution in [1.82, 2.24) is 10.2 Å². The van der Waals surface area contributed by atoms with Crippen LogP contribution in [0.2, 0.25) is 0 Å². The zero-order valence-corrected chi connectivity index (χ0v) is 15.8. The minimum Gasteiger partial charge on any atom is -0.491 e. The molecule has 0 saturated carbocycles. The van der Waals surface area contributed by atoms with Gasteiger partial charge in [-0.15, -0.1) is 0 Å². The van der Waals surface area contributed by atoms with Gasteiger partial charge in [-0.2, -0.15) is 0 Å².